The van der Waals surface area contributed by atoms with Crippen molar-refractivity contribution in [2.75, 3.05) is 0 Å². The normalized spacial score (nSPS) is 13.4. The lowest BCUT2D eigenvalue weighted by Crippen LogP contribution is -1.97. The molecule has 176 valence electrons. The lowest BCUT2D eigenvalue weighted by molar-refractivity contribution is 1.17. The van der Waals surface area contributed by atoms with E-state index < -0.39 is 0 Å². The van der Waals surface area contributed by atoms with Gasteiger partial charge in [0.25, 0.3) is 0 Å². The number of hydrogen-bond donors (Lipinski definition) is 0. The molecular formula is C32H28Cl2S. The molecule has 2 unspecified atom stereocenters. The average molecular weight is 516 g/mol. The van der Waals surface area contributed by atoms with Crippen molar-refractivity contribution < 1.29 is 0 Å². The van der Waals surface area contributed by atoms with Crippen molar-refractivity contribution in [2.45, 2.75) is 24.3 Å². The maximum absolute atomic E-state index is 6.20. The molecule has 0 spiro atoms. The fraction of sp³-hybridized carbons (Fsp3) is 0.125. The van der Waals surface area contributed by atoms with E-state index in [0.29, 0.717) is 0 Å². The van der Waals surface area contributed by atoms with Gasteiger partial charge in [-0.3, -0.25) is 0 Å². The lowest BCUT2D eigenvalue weighted by atomic mass is 10.1. The number of rotatable bonds is 8. The monoisotopic (exact) mass is 514 g/mol. The minimum absolute atomic E-state index is 0.136. The van der Waals surface area contributed by atoms with Crippen LogP contribution >= 0.6 is 35.0 Å². The molecule has 0 radical (unpaired) electrons. The fourth-order valence-corrected chi connectivity index (χ4v) is 5.22. The molecule has 0 aromatic heterocycles. The van der Waals surface area contributed by atoms with E-state index in [1.54, 1.807) is 0 Å². The van der Waals surface area contributed by atoms with Gasteiger partial charge in [0, 0.05) is 20.5 Å². The summed E-state index contributed by atoms with van der Waals surface area (Å²) in [6.45, 7) is 4.22. The highest BCUT2D eigenvalue weighted by molar-refractivity contribution is 8.00. The molecule has 2 atom stereocenters. The highest BCUT2D eigenvalue weighted by Gasteiger charge is 2.17. The first kappa shape index (κ1) is 25.4. The Morgan fingerprint density at radius 2 is 0.857 bits per heavy atom. The summed E-state index contributed by atoms with van der Waals surface area (Å²) in [5.74, 6) is 0. The SMILES string of the molecule is Cc1ccc(/C=C\C(SC(/C=C\c2ccc(C)cc2)c2ccc(Cl)cc2)c2ccc(Cl)cc2)cc1. The summed E-state index contributed by atoms with van der Waals surface area (Å²) < 4.78 is 0. The molecule has 0 heterocycles. The number of halogens is 2. The Hall–Kier alpha value is -2.71. The van der Waals surface area contributed by atoms with Crippen molar-refractivity contribution in [3.63, 3.8) is 0 Å². The first-order valence-electron chi connectivity index (χ1n) is 11.6. The predicted octanol–water partition coefficient (Wildman–Crippen LogP) is 10.6. The molecule has 0 aliphatic rings. The van der Waals surface area contributed by atoms with Crippen LogP contribution in [-0.2, 0) is 0 Å². The van der Waals surface area contributed by atoms with Gasteiger partial charge in [0.15, 0.2) is 0 Å². The molecular weight excluding hydrogens is 487 g/mol. The van der Waals surface area contributed by atoms with E-state index >= 15 is 0 Å². The average Bonchev–Trinajstić information content (AvgIpc) is 2.87. The molecule has 0 aliphatic heterocycles. The number of benzene rings is 4. The van der Waals surface area contributed by atoms with Gasteiger partial charge in [0.05, 0.1) is 0 Å². The van der Waals surface area contributed by atoms with Crippen LogP contribution < -0.4 is 0 Å². The van der Waals surface area contributed by atoms with Gasteiger partial charge in [-0.1, -0.05) is 131 Å². The molecule has 0 saturated carbocycles. The van der Waals surface area contributed by atoms with Crippen LogP contribution in [0, 0.1) is 13.8 Å². The minimum Gasteiger partial charge on any atom is -0.137 e. The van der Waals surface area contributed by atoms with Gasteiger partial charge in [-0.05, 0) is 60.4 Å². The summed E-state index contributed by atoms with van der Waals surface area (Å²) in [6, 6.07) is 33.5. The second-order valence-corrected chi connectivity index (χ2v) is 10.8. The maximum atomic E-state index is 6.20. The quantitative estimate of drug-likeness (QED) is 0.225. The van der Waals surface area contributed by atoms with Crippen LogP contribution in [0.25, 0.3) is 12.2 Å². The Balaban J connectivity index is 1.67. The van der Waals surface area contributed by atoms with Crippen LogP contribution in [0.1, 0.15) is 43.9 Å². The summed E-state index contributed by atoms with van der Waals surface area (Å²) >= 11 is 14.3. The summed E-state index contributed by atoms with van der Waals surface area (Å²) in [7, 11) is 0. The van der Waals surface area contributed by atoms with Crippen LogP contribution in [0.3, 0.4) is 0 Å². The topological polar surface area (TPSA) is 0 Å². The van der Waals surface area contributed by atoms with Gasteiger partial charge in [-0.2, -0.15) is 0 Å². The Morgan fingerprint density at radius 1 is 0.514 bits per heavy atom. The van der Waals surface area contributed by atoms with Crippen molar-refractivity contribution >= 4 is 47.1 Å². The Labute approximate surface area is 223 Å². The number of thioether (sulfide) groups is 1. The molecule has 0 bridgehead atoms. The molecule has 0 aliphatic carbocycles. The summed E-state index contributed by atoms with van der Waals surface area (Å²) in [4.78, 5) is 0. The highest BCUT2D eigenvalue weighted by atomic mass is 35.5. The standard InChI is InChI=1S/C32H28Cl2S/c1-23-3-7-25(8-4-23)11-21-31(27-13-17-29(33)18-14-27)35-32(28-15-19-30(34)20-16-28)22-12-26-9-5-24(2)6-10-26/h3-22,31-32H,1-2H3/b21-11-,22-12-. The summed E-state index contributed by atoms with van der Waals surface area (Å²) in [5, 5.41) is 1.76. The van der Waals surface area contributed by atoms with E-state index in [-0.39, 0.29) is 10.5 Å². The lowest BCUT2D eigenvalue weighted by Gasteiger charge is -2.20. The van der Waals surface area contributed by atoms with E-state index in [9.17, 15) is 0 Å². The van der Waals surface area contributed by atoms with Gasteiger partial charge in [-0.15, -0.1) is 11.8 Å². The number of aryl methyl sites for hydroxylation is 2. The second-order valence-electron chi connectivity index (χ2n) is 8.62. The first-order chi connectivity index (χ1) is 17.0. The van der Waals surface area contributed by atoms with Crippen LogP contribution in [-0.4, -0.2) is 0 Å². The number of hydrogen-bond acceptors (Lipinski definition) is 1. The highest BCUT2D eigenvalue weighted by Crippen LogP contribution is 2.43. The smallest absolute Gasteiger partial charge is 0.0489 e. The van der Waals surface area contributed by atoms with Gasteiger partial charge in [0.1, 0.15) is 0 Å². The van der Waals surface area contributed by atoms with E-state index in [1.807, 2.05) is 36.0 Å². The molecule has 0 amide bonds. The van der Waals surface area contributed by atoms with Crippen molar-refractivity contribution in [3.05, 3.63) is 153 Å². The van der Waals surface area contributed by atoms with Crippen molar-refractivity contribution in [1.29, 1.82) is 0 Å². The zero-order valence-corrected chi connectivity index (χ0v) is 22.2. The third kappa shape index (κ3) is 7.64. The largest absolute Gasteiger partial charge is 0.137 e. The molecule has 35 heavy (non-hydrogen) atoms. The van der Waals surface area contributed by atoms with Crippen molar-refractivity contribution in [1.82, 2.24) is 0 Å². The minimum atomic E-state index is 0.136. The molecule has 4 rings (SSSR count). The zero-order valence-electron chi connectivity index (χ0n) is 19.9. The third-order valence-electron chi connectivity index (χ3n) is 5.77. The fourth-order valence-electron chi connectivity index (χ4n) is 3.69. The molecule has 0 saturated heterocycles. The van der Waals surface area contributed by atoms with Crippen LogP contribution in [0.4, 0.5) is 0 Å². The van der Waals surface area contributed by atoms with Gasteiger partial charge >= 0.3 is 0 Å². The van der Waals surface area contributed by atoms with Crippen molar-refractivity contribution in [2.24, 2.45) is 0 Å². The molecule has 0 N–H and O–H groups in total. The van der Waals surface area contributed by atoms with Gasteiger partial charge in [-0.25, -0.2) is 0 Å². The van der Waals surface area contributed by atoms with E-state index in [1.165, 1.54) is 33.4 Å². The third-order valence-corrected chi connectivity index (χ3v) is 7.72. The molecule has 0 nitrogen and oxygen atoms in total. The molecule has 3 heteroatoms. The van der Waals surface area contributed by atoms with Crippen LogP contribution in [0.15, 0.2) is 109 Å². The molecule has 0 fully saturated rings. The van der Waals surface area contributed by atoms with E-state index in [2.05, 4.69) is 111 Å². The molecule has 4 aromatic rings. The van der Waals surface area contributed by atoms with Gasteiger partial charge in [0.2, 0.25) is 0 Å². The predicted molar refractivity (Wildman–Crippen MR) is 156 cm³/mol. The van der Waals surface area contributed by atoms with Crippen molar-refractivity contribution in [3.8, 4) is 0 Å². The van der Waals surface area contributed by atoms with Crippen LogP contribution in [0.2, 0.25) is 10.0 Å². The Morgan fingerprint density at radius 3 is 1.20 bits per heavy atom. The van der Waals surface area contributed by atoms with Crippen LogP contribution in [0.5, 0.6) is 0 Å². The van der Waals surface area contributed by atoms with Gasteiger partial charge < -0.3 is 0 Å². The zero-order chi connectivity index (χ0) is 24.6. The Bertz CT molecular complexity index is 1170. The second kappa shape index (κ2) is 12.3. The first-order valence-corrected chi connectivity index (χ1v) is 13.3. The summed E-state index contributed by atoms with van der Waals surface area (Å²) in [5.41, 5.74) is 7.32. The van der Waals surface area contributed by atoms with E-state index in [0.717, 1.165) is 10.0 Å². The Kier molecular flexibility index (Phi) is 8.93. The summed E-state index contributed by atoms with van der Waals surface area (Å²) in [6.07, 6.45) is 8.96. The maximum Gasteiger partial charge on any atom is 0.0489 e. The van der Waals surface area contributed by atoms with E-state index in [4.69, 9.17) is 23.2 Å². The molecule has 4 aromatic carbocycles.